The maximum Gasteiger partial charge on any atom is 0.407 e. The van der Waals surface area contributed by atoms with Gasteiger partial charge in [-0.3, -0.25) is 4.90 Å². The van der Waals surface area contributed by atoms with E-state index in [0.29, 0.717) is 12.6 Å². The van der Waals surface area contributed by atoms with E-state index in [4.69, 9.17) is 0 Å². The summed E-state index contributed by atoms with van der Waals surface area (Å²) < 4.78 is 0. The first-order valence-corrected chi connectivity index (χ1v) is 8.09. The number of nitrogens with zero attached hydrogens (tertiary/aromatic N) is 2. The van der Waals surface area contributed by atoms with Crippen LogP contribution in [0.1, 0.15) is 12.0 Å². The number of carbonyl (C=O) groups is 1. The van der Waals surface area contributed by atoms with Gasteiger partial charge in [-0.05, 0) is 29.2 Å². The van der Waals surface area contributed by atoms with Gasteiger partial charge in [0.25, 0.3) is 0 Å². The second-order valence-electron chi connectivity index (χ2n) is 6.47. The molecular weight excluding hydrogens is 288 g/mol. The Labute approximate surface area is 136 Å². The summed E-state index contributed by atoms with van der Waals surface area (Å²) in [4.78, 5) is 15.2. The highest BCUT2D eigenvalue weighted by Gasteiger charge is 2.45. The molecule has 118 valence electrons. The third-order valence-electron chi connectivity index (χ3n) is 5.02. The first-order valence-electron chi connectivity index (χ1n) is 8.09. The monoisotopic (exact) mass is 308 g/mol. The molecule has 2 aliphatic heterocycles. The Balaban J connectivity index is 1.48. The molecule has 2 saturated heterocycles. The fraction of sp³-hybridized carbons (Fsp3) is 0.316. The molecule has 2 atom stereocenters. The number of carboxylic acid groups (broad SMARTS) is 1. The molecule has 2 fully saturated rings. The van der Waals surface area contributed by atoms with Crippen LogP contribution in [0.3, 0.4) is 0 Å². The van der Waals surface area contributed by atoms with Gasteiger partial charge in [0.1, 0.15) is 0 Å². The van der Waals surface area contributed by atoms with Crippen molar-refractivity contribution in [3.8, 4) is 11.1 Å². The first kappa shape index (κ1) is 14.3. The zero-order chi connectivity index (χ0) is 15.8. The van der Waals surface area contributed by atoms with Crippen molar-refractivity contribution in [3.63, 3.8) is 0 Å². The van der Waals surface area contributed by atoms with Gasteiger partial charge in [0, 0.05) is 31.7 Å². The fourth-order valence-corrected chi connectivity index (χ4v) is 3.89. The molecule has 2 heterocycles. The predicted molar refractivity (Wildman–Crippen MR) is 89.2 cm³/mol. The largest absolute Gasteiger partial charge is 0.465 e. The maximum absolute atomic E-state index is 11.2. The minimum Gasteiger partial charge on any atom is -0.465 e. The van der Waals surface area contributed by atoms with Crippen molar-refractivity contribution in [2.45, 2.75) is 25.0 Å². The lowest BCUT2D eigenvalue weighted by Crippen LogP contribution is -2.47. The standard InChI is InChI=1S/C19H20N2O2/c22-19(23)21-13-17-10-18(21)12-20(17)11-14-5-4-8-16(9-14)15-6-2-1-3-7-15/h1-9,17-18H,10-13H2,(H,22,23)/t17?,18-/m0/s1. The molecule has 0 aliphatic carbocycles. The predicted octanol–water partition coefficient (Wildman–Crippen LogP) is 3.29. The van der Waals surface area contributed by atoms with Crippen LogP contribution in [-0.4, -0.2) is 46.2 Å². The second-order valence-corrected chi connectivity index (χ2v) is 6.47. The SMILES string of the molecule is O=C(O)N1CC2C[C@H]1CN2Cc1cccc(-c2ccccc2)c1. The highest BCUT2D eigenvalue weighted by Crippen LogP contribution is 2.32. The maximum atomic E-state index is 11.2. The summed E-state index contributed by atoms with van der Waals surface area (Å²) >= 11 is 0. The quantitative estimate of drug-likeness (QED) is 0.946. The Morgan fingerprint density at radius 1 is 1.00 bits per heavy atom. The molecule has 4 nitrogen and oxygen atoms in total. The molecule has 2 bridgehead atoms. The molecule has 4 heteroatoms. The lowest BCUT2D eigenvalue weighted by atomic mass is 10.0. The van der Waals surface area contributed by atoms with Crippen LogP contribution in [0, 0.1) is 0 Å². The fourth-order valence-electron chi connectivity index (χ4n) is 3.89. The van der Waals surface area contributed by atoms with Gasteiger partial charge in [0.05, 0.1) is 0 Å². The highest BCUT2D eigenvalue weighted by atomic mass is 16.4. The van der Waals surface area contributed by atoms with Gasteiger partial charge < -0.3 is 10.0 Å². The molecule has 4 rings (SSSR count). The summed E-state index contributed by atoms with van der Waals surface area (Å²) in [6.45, 7) is 2.40. The third kappa shape index (κ3) is 2.70. The Kier molecular flexibility index (Phi) is 3.54. The van der Waals surface area contributed by atoms with Crippen LogP contribution in [0.2, 0.25) is 0 Å². The first-order chi connectivity index (χ1) is 11.2. The third-order valence-corrected chi connectivity index (χ3v) is 5.02. The minimum atomic E-state index is -0.775. The average Bonchev–Trinajstić information content (AvgIpc) is 3.16. The molecule has 0 radical (unpaired) electrons. The number of rotatable bonds is 3. The van der Waals surface area contributed by atoms with E-state index in [1.165, 1.54) is 16.7 Å². The van der Waals surface area contributed by atoms with Gasteiger partial charge in [-0.25, -0.2) is 4.79 Å². The van der Waals surface area contributed by atoms with Crippen molar-refractivity contribution in [1.82, 2.24) is 9.80 Å². The topological polar surface area (TPSA) is 43.8 Å². The van der Waals surface area contributed by atoms with Crippen LogP contribution in [0.4, 0.5) is 4.79 Å². The molecule has 23 heavy (non-hydrogen) atoms. The van der Waals surface area contributed by atoms with E-state index >= 15 is 0 Å². The Morgan fingerprint density at radius 2 is 1.78 bits per heavy atom. The molecule has 2 aromatic rings. The number of fused-ring (bicyclic) bond motifs is 2. The molecule has 0 saturated carbocycles. The van der Waals surface area contributed by atoms with Crippen LogP contribution in [0.5, 0.6) is 0 Å². The van der Waals surface area contributed by atoms with Crippen molar-refractivity contribution < 1.29 is 9.90 Å². The summed E-state index contributed by atoms with van der Waals surface area (Å²) in [5.74, 6) is 0. The van der Waals surface area contributed by atoms with E-state index in [1.54, 1.807) is 4.90 Å². The van der Waals surface area contributed by atoms with Crippen molar-refractivity contribution >= 4 is 6.09 Å². The summed E-state index contributed by atoms with van der Waals surface area (Å²) in [6, 6.07) is 19.6. The van der Waals surface area contributed by atoms with E-state index in [-0.39, 0.29) is 6.04 Å². The highest BCUT2D eigenvalue weighted by molar-refractivity contribution is 5.66. The van der Waals surface area contributed by atoms with Gasteiger partial charge in [-0.2, -0.15) is 0 Å². The summed E-state index contributed by atoms with van der Waals surface area (Å²) in [7, 11) is 0. The smallest absolute Gasteiger partial charge is 0.407 e. The molecule has 2 aliphatic rings. The van der Waals surface area contributed by atoms with Crippen molar-refractivity contribution in [3.05, 3.63) is 60.2 Å². The average molecular weight is 308 g/mol. The molecular formula is C19H20N2O2. The van der Waals surface area contributed by atoms with E-state index in [2.05, 4.69) is 53.4 Å². The van der Waals surface area contributed by atoms with Gasteiger partial charge in [-0.1, -0.05) is 48.5 Å². The summed E-state index contributed by atoms with van der Waals surface area (Å²) in [6.07, 6.45) is 0.202. The van der Waals surface area contributed by atoms with E-state index < -0.39 is 6.09 Å². The van der Waals surface area contributed by atoms with Crippen molar-refractivity contribution in [2.24, 2.45) is 0 Å². The number of benzene rings is 2. The lowest BCUT2D eigenvalue weighted by Gasteiger charge is -2.32. The van der Waals surface area contributed by atoms with E-state index in [0.717, 1.165) is 19.5 Å². The zero-order valence-electron chi connectivity index (χ0n) is 12.9. The Bertz CT molecular complexity index is 716. The van der Waals surface area contributed by atoms with Crippen LogP contribution < -0.4 is 0 Å². The normalized spacial score (nSPS) is 23.4. The Hall–Kier alpha value is -2.33. The van der Waals surface area contributed by atoms with Crippen molar-refractivity contribution in [1.29, 1.82) is 0 Å². The van der Waals surface area contributed by atoms with E-state index in [9.17, 15) is 9.90 Å². The number of hydrogen-bond donors (Lipinski definition) is 1. The summed E-state index contributed by atoms with van der Waals surface area (Å²) in [5, 5.41) is 9.18. The van der Waals surface area contributed by atoms with Crippen LogP contribution in [0.25, 0.3) is 11.1 Å². The van der Waals surface area contributed by atoms with Gasteiger partial charge >= 0.3 is 6.09 Å². The molecule has 1 amide bonds. The van der Waals surface area contributed by atoms with Gasteiger partial charge in [0.15, 0.2) is 0 Å². The van der Waals surface area contributed by atoms with Crippen LogP contribution in [-0.2, 0) is 6.54 Å². The number of likely N-dealkylation sites (tertiary alicyclic amines) is 2. The molecule has 1 unspecified atom stereocenters. The number of piperazine rings is 1. The minimum absolute atomic E-state index is 0.176. The lowest BCUT2D eigenvalue weighted by molar-refractivity contribution is 0.100. The second kappa shape index (κ2) is 5.70. The number of amides is 1. The van der Waals surface area contributed by atoms with Crippen LogP contribution >= 0.6 is 0 Å². The summed E-state index contributed by atoms with van der Waals surface area (Å²) in [5.41, 5.74) is 3.76. The van der Waals surface area contributed by atoms with E-state index in [1.807, 2.05) is 6.07 Å². The van der Waals surface area contributed by atoms with Crippen LogP contribution in [0.15, 0.2) is 54.6 Å². The zero-order valence-corrected chi connectivity index (χ0v) is 12.9. The molecule has 0 aromatic heterocycles. The van der Waals surface area contributed by atoms with Gasteiger partial charge in [-0.15, -0.1) is 0 Å². The van der Waals surface area contributed by atoms with Crippen molar-refractivity contribution in [2.75, 3.05) is 13.1 Å². The molecule has 0 spiro atoms. The Morgan fingerprint density at radius 3 is 2.48 bits per heavy atom. The number of hydrogen-bond acceptors (Lipinski definition) is 2. The van der Waals surface area contributed by atoms with Gasteiger partial charge in [0.2, 0.25) is 0 Å². The molecule has 1 N–H and O–H groups in total. The molecule has 2 aromatic carbocycles.